The van der Waals surface area contributed by atoms with Crippen molar-refractivity contribution in [3.05, 3.63) is 46.8 Å². The van der Waals surface area contributed by atoms with Gasteiger partial charge in [-0.2, -0.15) is 10.3 Å². The van der Waals surface area contributed by atoms with Crippen LogP contribution in [-0.2, 0) is 0 Å². The molecule has 4 rings (SSSR count). The monoisotopic (exact) mass is 306 g/mol. The van der Waals surface area contributed by atoms with Crippen molar-refractivity contribution in [2.75, 3.05) is 5.32 Å². The van der Waals surface area contributed by atoms with Crippen LogP contribution in [0.4, 0.5) is 5.95 Å². The number of nitrogens with zero attached hydrogens (tertiary/aromatic N) is 3. The molecule has 1 atom stereocenters. The molecule has 1 aromatic carbocycles. The van der Waals surface area contributed by atoms with Gasteiger partial charge in [0.05, 0.1) is 0 Å². The van der Waals surface area contributed by atoms with Gasteiger partial charge in [-0.3, -0.25) is 0 Å². The molecule has 3 aromatic rings. The minimum absolute atomic E-state index is 0.319. The zero-order chi connectivity index (χ0) is 16.1. The molecular weight excluding hydrogens is 290 g/mol. The molecule has 0 spiro atoms. The molecular formula is C16H16N7+. The first-order valence-electron chi connectivity index (χ1n) is 7.32. The van der Waals surface area contributed by atoms with Gasteiger partial charge in [0.15, 0.2) is 0 Å². The molecule has 0 saturated heterocycles. The summed E-state index contributed by atoms with van der Waals surface area (Å²) in [5.74, 6) is 1.13. The third-order valence-corrected chi connectivity index (χ3v) is 4.28. The summed E-state index contributed by atoms with van der Waals surface area (Å²) in [5.41, 5.74) is 11.3. The summed E-state index contributed by atoms with van der Waals surface area (Å²) in [4.78, 5) is 11.0. The van der Waals surface area contributed by atoms with Crippen LogP contribution in [0.3, 0.4) is 0 Å². The van der Waals surface area contributed by atoms with Crippen LogP contribution in [0, 0.1) is 25.2 Å². The van der Waals surface area contributed by atoms with Gasteiger partial charge < -0.3 is 10.7 Å². The Balaban J connectivity index is 2.02. The topological polar surface area (TPSA) is 110 Å². The maximum atomic E-state index is 9.27. The lowest BCUT2D eigenvalue weighted by molar-refractivity contribution is -0.674. The van der Waals surface area contributed by atoms with Crippen molar-refractivity contribution in [1.29, 1.82) is 5.26 Å². The van der Waals surface area contributed by atoms with Crippen molar-refractivity contribution in [2.24, 2.45) is 10.7 Å². The summed E-state index contributed by atoms with van der Waals surface area (Å²) in [5, 5.41) is 12.3. The average Bonchev–Trinajstić information content (AvgIpc) is 3.03. The highest BCUT2D eigenvalue weighted by Crippen LogP contribution is 2.29. The van der Waals surface area contributed by atoms with Crippen LogP contribution in [0.25, 0.3) is 11.0 Å². The molecule has 23 heavy (non-hydrogen) atoms. The molecule has 0 fully saturated rings. The number of para-hydroxylation sites is 2. The lowest BCUT2D eigenvalue weighted by atomic mass is 10.1. The second-order valence-corrected chi connectivity index (χ2v) is 5.65. The van der Waals surface area contributed by atoms with E-state index in [4.69, 9.17) is 5.73 Å². The molecule has 0 amide bonds. The van der Waals surface area contributed by atoms with Crippen LogP contribution >= 0.6 is 0 Å². The number of aliphatic imine (C=N–C) groups is 1. The van der Waals surface area contributed by atoms with Crippen molar-refractivity contribution < 1.29 is 4.57 Å². The van der Waals surface area contributed by atoms with Crippen LogP contribution < -0.4 is 15.6 Å². The predicted octanol–water partition coefficient (Wildman–Crippen LogP) is 1.56. The molecule has 1 aliphatic rings. The Hall–Kier alpha value is -3.27. The Labute approximate surface area is 132 Å². The Morgan fingerprint density at radius 2 is 2.04 bits per heavy atom. The van der Waals surface area contributed by atoms with Gasteiger partial charge in [-0.25, -0.2) is 14.9 Å². The third kappa shape index (κ3) is 1.82. The molecule has 5 N–H and O–H groups in total. The van der Waals surface area contributed by atoms with Crippen LogP contribution in [0.2, 0.25) is 0 Å². The summed E-state index contributed by atoms with van der Waals surface area (Å²) in [6, 6.07) is 10.2. The summed E-state index contributed by atoms with van der Waals surface area (Å²) in [6.07, 6.45) is -0.319. The number of aromatic nitrogens is 3. The predicted molar refractivity (Wildman–Crippen MR) is 86.9 cm³/mol. The Morgan fingerprint density at radius 1 is 1.26 bits per heavy atom. The highest BCUT2D eigenvalue weighted by Gasteiger charge is 2.34. The van der Waals surface area contributed by atoms with Gasteiger partial charge in [0, 0.05) is 11.3 Å². The first-order chi connectivity index (χ1) is 11.1. The molecule has 0 aliphatic carbocycles. The first-order valence-corrected chi connectivity index (χ1v) is 7.32. The molecule has 2 aromatic heterocycles. The van der Waals surface area contributed by atoms with Crippen molar-refractivity contribution in [3.63, 3.8) is 0 Å². The van der Waals surface area contributed by atoms with Crippen LogP contribution in [0.1, 0.15) is 28.7 Å². The van der Waals surface area contributed by atoms with E-state index >= 15 is 0 Å². The number of guanidine groups is 1. The number of fused-ring (bicyclic) bond motifs is 3. The molecule has 0 unspecified atom stereocenters. The first kappa shape index (κ1) is 13.4. The highest BCUT2D eigenvalue weighted by molar-refractivity contribution is 5.92. The van der Waals surface area contributed by atoms with Gasteiger partial charge in [0.1, 0.15) is 22.8 Å². The van der Waals surface area contributed by atoms with Gasteiger partial charge in [0.2, 0.25) is 6.17 Å². The Kier molecular flexibility index (Phi) is 2.69. The van der Waals surface area contributed by atoms with E-state index < -0.39 is 0 Å². The number of nitrogens with two attached hydrogens (primary N) is 1. The van der Waals surface area contributed by atoms with Crippen LogP contribution in [-0.4, -0.2) is 15.9 Å². The number of benzene rings is 1. The Morgan fingerprint density at radius 3 is 2.78 bits per heavy atom. The number of hydrogen-bond acceptors (Lipinski definition) is 4. The van der Waals surface area contributed by atoms with Gasteiger partial charge in [-0.1, -0.05) is 12.1 Å². The fourth-order valence-corrected chi connectivity index (χ4v) is 3.24. The van der Waals surface area contributed by atoms with E-state index in [1.54, 1.807) is 0 Å². The quantitative estimate of drug-likeness (QED) is 0.512. The Bertz CT molecular complexity index is 1000. The molecule has 7 nitrogen and oxygen atoms in total. The number of aromatic amines is 2. The lowest BCUT2D eigenvalue weighted by Gasteiger charge is -2.18. The molecule has 0 bridgehead atoms. The van der Waals surface area contributed by atoms with Gasteiger partial charge in [-0.15, -0.1) is 0 Å². The minimum Gasteiger partial charge on any atom is -0.357 e. The number of H-pyrrole nitrogens is 2. The van der Waals surface area contributed by atoms with E-state index in [1.165, 1.54) is 0 Å². The van der Waals surface area contributed by atoms with E-state index in [0.717, 1.165) is 33.8 Å². The molecule has 0 radical (unpaired) electrons. The number of nitriles is 1. The summed E-state index contributed by atoms with van der Waals surface area (Å²) in [7, 11) is 0. The second-order valence-electron chi connectivity index (χ2n) is 5.65. The standard InChI is InChI=1S/C16H15N7/c1-8-11(7-17)19-9(2)13(8)14-21-15(18)22-16-20-10-5-3-4-6-12(10)23(14)16/h3-6,14,19H,1-2H3,(H3,18,20,21,22)/p+1/t14-/m0/s1. The molecule has 0 saturated carbocycles. The smallest absolute Gasteiger partial charge is 0.357 e. The summed E-state index contributed by atoms with van der Waals surface area (Å²) in [6.45, 7) is 3.88. The van der Waals surface area contributed by atoms with Crippen molar-refractivity contribution in [3.8, 4) is 6.07 Å². The lowest BCUT2D eigenvalue weighted by Crippen LogP contribution is -2.48. The summed E-state index contributed by atoms with van der Waals surface area (Å²) < 4.78 is 2.07. The van der Waals surface area contributed by atoms with E-state index in [0.29, 0.717) is 11.7 Å². The number of rotatable bonds is 1. The SMILES string of the molecule is Cc1[nH]c(C#N)c(C)c1[C@H]1N=C(N)Nc2[nH]c3ccccc3[n+]21. The van der Waals surface area contributed by atoms with Crippen molar-refractivity contribution >= 4 is 22.9 Å². The summed E-state index contributed by atoms with van der Waals surface area (Å²) >= 11 is 0. The second kappa shape index (κ2) is 4.61. The van der Waals surface area contributed by atoms with Crippen LogP contribution in [0.15, 0.2) is 29.3 Å². The number of nitrogens with one attached hydrogen (secondary N) is 3. The van der Waals surface area contributed by atoms with E-state index in [9.17, 15) is 5.26 Å². The zero-order valence-electron chi connectivity index (χ0n) is 12.8. The van der Waals surface area contributed by atoms with Crippen LogP contribution in [0.5, 0.6) is 0 Å². The molecule has 7 heteroatoms. The average molecular weight is 306 g/mol. The zero-order valence-corrected chi connectivity index (χ0v) is 12.8. The maximum Gasteiger partial charge on any atom is 0.365 e. The molecule has 114 valence electrons. The normalized spacial score (nSPS) is 16.6. The van der Waals surface area contributed by atoms with E-state index in [-0.39, 0.29) is 6.17 Å². The maximum absolute atomic E-state index is 9.27. The van der Waals surface area contributed by atoms with Gasteiger partial charge >= 0.3 is 5.95 Å². The van der Waals surface area contributed by atoms with E-state index in [1.807, 2.05) is 38.1 Å². The van der Waals surface area contributed by atoms with Crippen molar-refractivity contribution in [1.82, 2.24) is 9.97 Å². The molecule has 1 aliphatic heterocycles. The highest BCUT2D eigenvalue weighted by atomic mass is 15.4. The van der Waals surface area contributed by atoms with Gasteiger partial charge in [0.25, 0.3) is 5.96 Å². The molecule has 3 heterocycles. The largest absolute Gasteiger partial charge is 0.365 e. The van der Waals surface area contributed by atoms with Crippen molar-refractivity contribution in [2.45, 2.75) is 20.0 Å². The number of imidazole rings is 1. The fourth-order valence-electron chi connectivity index (χ4n) is 3.24. The number of hydrogen-bond donors (Lipinski definition) is 4. The number of aryl methyl sites for hydroxylation is 1. The minimum atomic E-state index is -0.319. The third-order valence-electron chi connectivity index (χ3n) is 4.28. The van der Waals surface area contributed by atoms with E-state index in [2.05, 4.69) is 30.9 Å². The fraction of sp³-hybridized carbons (Fsp3) is 0.188. The number of anilines is 1. The van der Waals surface area contributed by atoms with Gasteiger partial charge in [-0.05, 0) is 31.5 Å².